The Hall–Kier alpha value is -3.16. The Morgan fingerprint density at radius 2 is 1.84 bits per heavy atom. The molecule has 6 aliphatic heterocycles. The maximum Gasteiger partial charge on any atom is 0.0827 e. The molecule has 1 spiro atoms. The van der Waals surface area contributed by atoms with Gasteiger partial charge in [0.1, 0.15) is 0 Å². The van der Waals surface area contributed by atoms with Gasteiger partial charge in [0, 0.05) is 71.4 Å². The van der Waals surface area contributed by atoms with Gasteiger partial charge in [-0.3, -0.25) is 9.80 Å². The number of hydrogen-bond acceptors (Lipinski definition) is 5. The van der Waals surface area contributed by atoms with Gasteiger partial charge in [0.25, 0.3) is 0 Å². The van der Waals surface area contributed by atoms with Crippen LogP contribution in [0.1, 0.15) is 49.0 Å². The van der Waals surface area contributed by atoms with Gasteiger partial charge < -0.3 is 20.1 Å². The molecule has 8 atom stereocenters. The first-order valence-electron chi connectivity index (χ1n) is 16.9. The molecule has 3 N–H and O–H groups in total. The number of fused-ring (bicyclic) bond motifs is 9. The molecule has 3 saturated heterocycles. The van der Waals surface area contributed by atoms with E-state index in [4.69, 9.17) is 0 Å². The largest absolute Gasteiger partial charge is 0.392 e. The van der Waals surface area contributed by atoms with Crippen LogP contribution in [-0.2, 0) is 11.8 Å². The van der Waals surface area contributed by atoms with Crippen LogP contribution in [0.5, 0.6) is 0 Å². The van der Waals surface area contributed by atoms with Gasteiger partial charge in [0.15, 0.2) is 0 Å². The zero-order valence-corrected chi connectivity index (χ0v) is 25.5. The third-order valence-corrected chi connectivity index (χ3v) is 13.2. The minimum absolute atomic E-state index is 0.0565. The first-order chi connectivity index (χ1) is 21.6. The van der Waals surface area contributed by atoms with E-state index in [1.54, 1.807) is 0 Å². The minimum atomic E-state index is -0.500. The highest BCUT2D eigenvalue weighted by molar-refractivity contribution is 5.85. The third kappa shape index (κ3) is 3.15. The summed E-state index contributed by atoms with van der Waals surface area (Å²) in [5.41, 5.74) is 11.0. The summed E-state index contributed by atoms with van der Waals surface area (Å²) in [6, 6.07) is 19.0. The molecule has 6 heteroatoms. The summed E-state index contributed by atoms with van der Waals surface area (Å²) in [4.78, 5) is 11.8. The van der Waals surface area contributed by atoms with Crippen LogP contribution < -0.4 is 4.90 Å². The normalized spacial score (nSPS) is 38.9. The lowest BCUT2D eigenvalue weighted by atomic mass is 9.52. The van der Waals surface area contributed by atoms with E-state index in [2.05, 4.69) is 93.5 Å². The first kappa shape index (κ1) is 26.1. The van der Waals surface area contributed by atoms with Crippen molar-refractivity contribution in [1.82, 2.24) is 14.8 Å². The number of hydrogen-bond donors (Lipinski definition) is 3. The zero-order valence-electron chi connectivity index (χ0n) is 25.5. The minimum Gasteiger partial charge on any atom is -0.392 e. The van der Waals surface area contributed by atoms with Gasteiger partial charge in [-0.2, -0.15) is 0 Å². The lowest BCUT2D eigenvalue weighted by Crippen LogP contribution is -2.67. The number of anilines is 1. The molecule has 1 aliphatic carbocycles. The highest BCUT2D eigenvalue weighted by atomic mass is 16.3. The number of benzene rings is 2. The van der Waals surface area contributed by atoms with Crippen LogP contribution in [0.3, 0.4) is 0 Å². The molecule has 1 saturated carbocycles. The number of allylic oxidation sites excluding steroid dienone is 1. The van der Waals surface area contributed by atoms with Crippen LogP contribution in [0.4, 0.5) is 5.69 Å². The average molecular weight is 587 g/mol. The summed E-state index contributed by atoms with van der Waals surface area (Å²) in [5, 5.41) is 24.2. The number of H-pyrrole nitrogens is 1. The number of rotatable bonds is 2. The fraction of sp³-hybridized carbons (Fsp3) is 0.474. The number of aromatic nitrogens is 1. The summed E-state index contributed by atoms with van der Waals surface area (Å²) < 4.78 is 0. The summed E-state index contributed by atoms with van der Waals surface area (Å²) in [6.07, 6.45) is 10.6. The number of nitrogens with one attached hydrogen (secondary N) is 1. The topological polar surface area (TPSA) is 66.0 Å². The van der Waals surface area contributed by atoms with E-state index < -0.39 is 6.10 Å². The van der Waals surface area contributed by atoms with Gasteiger partial charge in [-0.05, 0) is 73.9 Å². The molecule has 4 fully saturated rings. The Bertz CT molecular complexity index is 1790. The second-order valence-electron chi connectivity index (χ2n) is 14.6. The monoisotopic (exact) mass is 586 g/mol. The Labute approximate surface area is 259 Å². The van der Waals surface area contributed by atoms with E-state index in [0.717, 1.165) is 51.9 Å². The van der Waals surface area contributed by atoms with Gasteiger partial charge in [0.05, 0.1) is 24.8 Å². The number of piperidine rings is 2. The fourth-order valence-corrected chi connectivity index (χ4v) is 11.5. The van der Waals surface area contributed by atoms with Crippen molar-refractivity contribution in [3.05, 3.63) is 100 Å². The summed E-state index contributed by atoms with van der Waals surface area (Å²) in [5.74, 6) is 0.604. The maximum absolute atomic E-state index is 12.8. The third-order valence-electron chi connectivity index (χ3n) is 13.2. The van der Waals surface area contributed by atoms with Crippen molar-refractivity contribution >= 4 is 16.6 Å². The van der Waals surface area contributed by atoms with Crippen molar-refractivity contribution in [2.24, 2.45) is 17.8 Å². The lowest BCUT2D eigenvalue weighted by Gasteiger charge is -2.59. The number of aromatic amines is 1. The van der Waals surface area contributed by atoms with Gasteiger partial charge in [0.2, 0.25) is 0 Å². The molecular weight excluding hydrogens is 544 g/mol. The molecule has 0 unspecified atom stereocenters. The summed E-state index contributed by atoms with van der Waals surface area (Å²) in [6.45, 7) is 6.32. The standard InChI is InChI=1S/C38H42N4O2/c1-2-22-19-40-14-11-25-24-7-3-5-9-30(24)39-35(25)32(40)17-26(22)28-21-42-31-10-6-4-8-29(31)38-13-15-41-20-23(12-16-43)27(18-33(38)41)34(36(28)44)37(38)42/h2-10,12,21,26-27,32-34,36-37,39,43-44H,11,13-20H2,1H3/b22-2?,23-12-/t26-,27-,32-,33-,34-,36+,37-,38+/m0/s1. The van der Waals surface area contributed by atoms with E-state index >= 15 is 0 Å². The molecule has 2 aromatic carbocycles. The van der Waals surface area contributed by atoms with E-state index in [9.17, 15) is 10.2 Å². The number of nitrogens with zero attached hydrogens (tertiary/aromatic N) is 3. The molecule has 226 valence electrons. The van der Waals surface area contributed by atoms with Crippen LogP contribution in [0.25, 0.3) is 10.9 Å². The predicted molar refractivity (Wildman–Crippen MR) is 173 cm³/mol. The van der Waals surface area contributed by atoms with Crippen molar-refractivity contribution in [2.75, 3.05) is 37.7 Å². The Morgan fingerprint density at radius 1 is 1.00 bits per heavy atom. The highest BCUT2D eigenvalue weighted by Crippen LogP contribution is 2.66. The van der Waals surface area contributed by atoms with Gasteiger partial charge in [-0.1, -0.05) is 59.7 Å². The molecule has 7 heterocycles. The molecule has 6 nitrogen and oxygen atoms in total. The molecule has 10 rings (SSSR count). The van der Waals surface area contributed by atoms with Crippen molar-refractivity contribution < 1.29 is 10.2 Å². The second-order valence-corrected chi connectivity index (χ2v) is 14.6. The highest BCUT2D eigenvalue weighted by Gasteiger charge is 2.69. The molecule has 44 heavy (non-hydrogen) atoms. The summed E-state index contributed by atoms with van der Waals surface area (Å²) in [7, 11) is 0. The lowest BCUT2D eigenvalue weighted by molar-refractivity contribution is -0.0150. The van der Waals surface area contributed by atoms with Crippen LogP contribution in [0.15, 0.2) is 83.6 Å². The van der Waals surface area contributed by atoms with E-state index in [0.29, 0.717) is 18.0 Å². The quantitative estimate of drug-likeness (QED) is 0.367. The second kappa shape index (κ2) is 9.20. The molecule has 7 aliphatic rings. The summed E-state index contributed by atoms with van der Waals surface area (Å²) >= 11 is 0. The van der Waals surface area contributed by atoms with Crippen LogP contribution in [-0.4, -0.2) is 76.0 Å². The average Bonchev–Trinajstić information content (AvgIpc) is 3.73. The van der Waals surface area contributed by atoms with Crippen molar-refractivity contribution in [3.63, 3.8) is 0 Å². The van der Waals surface area contributed by atoms with Gasteiger partial charge in [-0.15, -0.1) is 0 Å². The molecule has 2 bridgehead atoms. The van der Waals surface area contributed by atoms with E-state index in [1.165, 1.54) is 50.1 Å². The molecular formula is C38H42N4O2. The number of para-hydroxylation sites is 2. The Kier molecular flexibility index (Phi) is 5.45. The van der Waals surface area contributed by atoms with Crippen molar-refractivity contribution in [2.45, 2.75) is 62.3 Å². The van der Waals surface area contributed by atoms with Crippen molar-refractivity contribution in [1.29, 1.82) is 0 Å². The molecule has 3 aromatic rings. The number of aliphatic hydroxyl groups excluding tert-OH is 2. The first-order valence-corrected chi connectivity index (χ1v) is 16.9. The molecule has 0 radical (unpaired) electrons. The van der Waals surface area contributed by atoms with Crippen molar-refractivity contribution in [3.8, 4) is 0 Å². The fourth-order valence-electron chi connectivity index (χ4n) is 11.5. The molecule has 1 aromatic heterocycles. The van der Waals surface area contributed by atoms with Crippen LogP contribution in [0, 0.1) is 17.8 Å². The van der Waals surface area contributed by atoms with Gasteiger partial charge in [-0.25, -0.2) is 0 Å². The number of aliphatic hydroxyl groups is 2. The van der Waals surface area contributed by atoms with Gasteiger partial charge >= 0.3 is 0 Å². The Morgan fingerprint density at radius 3 is 2.73 bits per heavy atom. The van der Waals surface area contributed by atoms with E-state index in [-0.39, 0.29) is 29.9 Å². The molecule has 0 amide bonds. The zero-order chi connectivity index (χ0) is 29.3. The SMILES string of the molecule is CC=C1CN2CCc3c([nH]c4ccccc34)[C@@H]2C[C@@H]1C1=CN2c3ccccc3[C@]34CCN5C/C(=C/CO)[C@H](C[C@H]53)[C@@H]([C@@H]1O)[C@H]24. The maximum atomic E-state index is 12.8. The van der Waals surface area contributed by atoms with E-state index in [1.807, 2.05) is 0 Å². The predicted octanol–water partition coefficient (Wildman–Crippen LogP) is 5.06. The Balaban J connectivity index is 1.12. The van der Waals surface area contributed by atoms with Crippen LogP contribution in [0.2, 0.25) is 0 Å². The van der Waals surface area contributed by atoms with Crippen LogP contribution >= 0.6 is 0 Å². The smallest absolute Gasteiger partial charge is 0.0827 e.